The first-order valence-electron chi connectivity index (χ1n) is 7.19. The van der Waals surface area contributed by atoms with Gasteiger partial charge in [0.05, 0.1) is 0 Å². The minimum absolute atomic E-state index is 0.764. The highest BCUT2D eigenvalue weighted by atomic mass is 15.2. The zero-order chi connectivity index (χ0) is 12.7. The van der Waals surface area contributed by atoms with Gasteiger partial charge in [0.2, 0.25) is 0 Å². The summed E-state index contributed by atoms with van der Waals surface area (Å²) >= 11 is 0. The average molecular weight is 241 g/mol. The number of hydrogen-bond acceptors (Lipinski definition) is 3. The molecule has 1 atom stereocenters. The predicted octanol–water partition coefficient (Wildman–Crippen LogP) is 1.65. The SMILES string of the molecule is CC(C)CNCCCN(C)CC1CCCN1C. The Labute approximate surface area is 108 Å². The molecule has 3 heteroatoms. The number of likely N-dealkylation sites (tertiary alicyclic amines) is 1. The van der Waals surface area contributed by atoms with E-state index in [4.69, 9.17) is 0 Å². The van der Waals surface area contributed by atoms with Gasteiger partial charge >= 0.3 is 0 Å². The van der Waals surface area contributed by atoms with E-state index in [0.29, 0.717) is 0 Å². The fourth-order valence-electron chi connectivity index (χ4n) is 2.53. The number of hydrogen-bond donors (Lipinski definition) is 1. The van der Waals surface area contributed by atoms with E-state index in [1.54, 1.807) is 0 Å². The zero-order valence-electron chi connectivity index (χ0n) is 12.2. The molecule has 1 aliphatic heterocycles. The molecule has 0 radical (unpaired) electrons. The van der Waals surface area contributed by atoms with Crippen molar-refractivity contribution in [3.8, 4) is 0 Å². The van der Waals surface area contributed by atoms with Gasteiger partial charge in [0.1, 0.15) is 0 Å². The van der Waals surface area contributed by atoms with Gasteiger partial charge in [0.15, 0.2) is 0 Å². The van der Waals surface area contributed by atoms with Crippen LogP contribution < -0.4 is 5.32 Å². The molecule has 1 aliphatic rings. The van der Waals surface area contributed by atoms with E-state index >= 15 is 0 Å². The summed E-state index contributed by atoms with van der Waals surface area (Å²) in [6.45, 7) is 10.6. The Hall–Kier alpha value is -0.120. The third-order valence-corrected chi connectivity index (χ3v) is 3.64. The lowest BCUT2D eigenvalue weighted by atomic mass is 10.2. The molecule has 1 fully saturated rings. The summed E-state index contributed by atoms with van der Waals surface area (Å²) < 4.78 is 0. The molecule has 0 aromatic heterocycles. The summed E-state index contributed by atoms with van der Waals surface area (Å²) in [7, 11) is 4.52. The molecule has 1 unspecified atom stereocenters. The molecule has 0 saturated carbocycles. The van der Waals surface area contributed by atoms with Gasteiger partial charge in [-0.3, -0.25) is 0 Å². The van der Waals surface area contributed by atoms with Crippen LogP contribution in [0.3, 0.4) is 0 Å². The van der Waals surface area contributed by atoms with Crippen LogP contribution in [-0.4, -0.2) is 62.7 Å². The van der Waals surface area contributed by atoms with Crippen molar-refractivity contribution >= 4 is 0 Å². The van der Waals surface area contributed by atoms with Gasteiger partial charge in [-0.05, 0) is 65.5 Å². The van der Waals surface area contributed by atoms with Crippen LogP contribution in [0.2, 0.25) is 0 Å². The molecule has 0 aromatic carbocycles. The average Bonchev–Trinajstić information content (AvgIpc) is 2.63. The van der Waals surface area contributed by atoms with Gasteiger partial charge in [0.25, 0.3) is 0 Å². The molecule has 102 valence electrons. The van der Waals surface area contributed by atoms with Crippen molar-refractivity contribution in [2.45, 2.75) is 39.2 Å². The van der Waals surface area contributed by atoms with Crippen molar-refractivity contribution in [2.75, 3.05) is 46.8 Å². The van der Waals surface area contributed by atoms with Crippen molar-refractivity contribution in [3.63, 3.8) is 0 Å². The summed E-state index contributed by atoms with van der Waals surface area (Å²) in [5.74, 6) is 0.764. The molecule has 1 heterocycles. The van der Waals surface area contributed by atoms with Crippen LogP contribution in [-0.2, 0) is 0 Å². The maximum atomic E-state index is 3.51. The van der Waals surface area contributed by atoms with Gasteiger partial charge in [-0.25, -0.2) is 0 Å². The highest BCUT2D eigenvalue weighted by molar-refractivity contribution is 4.78. The lowest BCUT2D eigenvalue weighted by Gasteiger charge is -2.25. The Balaban J connectivity index is 1.99. The van der Waals surface area contributed by atoms with E-state index in [1.807, 2.05) is 0 Å². The summed E-state index contributed by atoms with van der Waals surface area (Å²) in [5, 5.41) is 3.51. The molecule has 1 N–H and O–H groups in total. The van der Waals surface area contributed by atoms with Crippen LogP contribution >= 0.6 is 0 Å². The van der Waals surface area contributed by atoms with Crippen LogP contribution in [0, 0.1) is 5.92 Å². The number of likely N-dealkylation sites (N-methyl/N-ethyl adjacent to an activating group) is 2. The van der Waals surface area contributed by atoms with Crippen LogP contribution in [0.15, 0.2) is 0 Å². The smallest absolute Gasteiger partial charge is 0.0220 e. The van der Waals surface area contributed by atoms with Crippen LogP contribution in [0.1, 0.15) is 33.1 Å². The first kappa shape index (κ1) is 14.9. The van der Waals surface area contributed by atoms with Crippen molar-refractivity contribution in [1.82, 2.24) is 15.1 Å². The zero-order valence-corrected chi connectivity index (χ0v) is 12.2. The highest BCUT2D eigenvalue weighted by Crippen LogP contribution is 2.15. The van der Waals surface area contributed by atoms with Crippen LogP contribution in [0.4, 0.5) is 0 Å². The highest BCUT2D eigenvalue weighted by Gasteiger charge is 2.21. The second kappa shape index (κ2) is 8.06. The number of nitrogens with zero attached hydrogens (tertiary/aromatic N) is 2. The van der Waals surface area contributed by atoms with E-state index in [9.17, 15) is 0 Å². The Morgan fingerprint density at radius 2 is 2.18 bits per heavy atom. The number of rotatable bonds is 8. The Morgan fingerprint density at radius 1 is 1.41 bits per heavy atom. The van der Waals surface area contributed by atoms with E-state index in [1.165, 1.54) is 38.9 Å². The molecule has 0 amide bonds. The molecular weight excluding hydrogens is 210 g/mol. The summed E-state index contributed by atoms with van der Waals surface area (Å²) in [4.78, 5) is 5.00. The molecular formula is C14H31N3. The van der Waals surface area contributed by atoms with Gasteiger partial charge in [-0.15, -0.1) is 0 Å². The number of nitrogens with one attached hydrogen (secondary N) is 1. The second-order valence-corrected chi connectivity index (χ2v) is 5.99. The van der Waals surface area contributed by atoms with Crippen LogP contribution in [0.5, 0.6) is 0 Å². The first-order valence-corrected chi connectivity index (χ1v) is 7.19. The van der Waals surface area contributed by atoms with E-state index < -0.39 is 0 Å². The van der Waals surface area contributed by atoms with Crippen molar-refractivity contribution in [1.29, 1.82) is 0 Å². The molecule has 0 aromatic rings. The third-order valence-electron chi connectivity index (χ3n) is 3.64. The Bertz CT molecular complexity index is 194. The van der Waals surface area contributed by atoms with E-state index in [0.717, 1.165) is 25.0 Å². The van der Waals surface area contributed by atoms with E-state index in [2.05, 4.69) is 43.1 Å². The fourth-order valence-corrected chi connectivity index (χ4v) is 2.53. The lowest BCUT2D eigenvalue weighted by molar-refractivity contribution is 0.218. The van der Waals surface area contributed by atoms with Crippen molar-refractivity contribution in [2.24, 2.45) is 5.92 Å². The normalized spacial score (nSPS) is 21.9. The lowest BCUT2D eigenvalue weighted by Crippen LogP contribution is -2.37. The Morgan fingerprint density at radius 3 is 2.76 bits per heavy atom. The monoisotopic (exact) mass is 241 g/mol. The fraction of sp³-hybridized carbons (Fsp3) is 1.00. The predicted molar refractivity (Wildman–Crippen MR) is 75.5 cm³/mol. The molecule has 0 aliphatic carbocycles. The van der Waals surface area contributed by atoms with Crippen LogP contribution in [0.25, 0.3) is 0 Å². The summed E-state index contributed by atoms with van der Waals surface area (Å²) in [6, 6.07) is 0.795. The largest absolute Gasteiger partial charge is 0.316 e. The van der Waals surface area contributed by atoms with Gasteiger partial charge in [0, 0.05) is 12.6 Å². The topological polar surface area (TPSA) is 18.5 Å². The Kier molecular flexibility index (Phi) is 7.09. The maximum absolute atomic E-state index is 3.51. The molecule has 1 saturated heterocycles. The minimum atomic E-state index is 0.764. The minimum Gasteiger partial charge on any atom is -0.316 e. The third kappa shape index (κ3) is 6.39. The summed E-state index contributed by atoms with van der Waals surface area (Å²) in [5.41, 5.74) is 0. The summed E-state index contributed by atoms with van der Waals surface area (Å²) in [6.07, 6.45) is 4.02. The quantitative estimate of drug-likeness (QED) is 0.652. The maximum Gasteiger partial charge on any atom is 0.0220 e. The van der Waals surface area contributed by atoms with Crippen molar-refractivity contribution in [3.05, 3.63) is 0 Å². The van der Waals surface area contributed by atoms with Crippen molar-refractivity contribution < 1.29 is 0 Å². The van der Waals surface area contributed by atoms with Gasteiger partial charge < -0.3 is 15.1 Å². The molecule has 17 heavy (non-hydrogen) atoms. The molecule has 0 bridgehead atoms. The molecule has 3 nitrogen and oxygen atoms in total. The van der Waals surface area contributed by atoms with E-state index in [-0.39, 0.29) is 0 Å². The molecule has 0 spiro atoms. The van der Waals surface area contributed by atoms with Gasteiger partial charge in [-0.2, -0.15) is 0 Å². The van der Waals surface area contributed by atoms with Gasteiger partial charge in [-0.1, -0.05) is 13.8 Å². The standard InChI is InChI=1S/C14H31N3/c1-13(2)11-15-8-6-9-16(3)12-14-7-5-10-17(14)4/h13-15H,5-12H2,1-4H3. The first-order chi connectivity index (χ1) is 8.09. The molecule has 1 rings (SSSR count). The second-order valence-electron chi connectivity index (χ2n) is 5.99.